The molecule has 0 atom stereocenters. The van der Waals surface area contributed by atoms with E-state index in [9.17, 15) is 4.79 Å². The van der Waals surface area contributed by atoms with Crippen LogP contribution in [0.5, 0.6) is 5.75 Å². The van der Waals surface area contributed by atoms with Gasteiger partial charge in [0.1, 0.15) is 18.1 Å². The summed E-state index contributed by atoms with van der Waals surface area (Å²) < 4.78 is 5.88. The quantitative estimate of drug-likeness (QED) is 0.241. The number of nitrogens with zero attached hydrogens (tertiary/aromatic N) is 2. The van der Waals surface area contributed by atoms with Crippen molar-refractivity contribution in [2.75, 3.05) is 13.2 Å². The summed E-state index contributed by atoms with van der Waals surface area (Å²) in [5, 5.41) is 19.2. The standard InChI is InChI=1S/C23H20N6O2/c1-2-22(30)24-8-9-31-21-5-3-4-18-17(21)11-20(27-18)23-16-7-6-14(10-19(16)28-29-23)15-12-25-26-13-15/h2-7,10-13,27H,1,8-9H2,(H,24,30)(H,25,26)(H,28,29). The maximum atomic E-state index is 11.3. The Balaban J connectivity index is 1.43. The molecule has 0 saturated carbocycles. The molecule has 0 aliphatic heterocycles. The van der Waals surface area contributed by atoms with Gasteiger partial charge in [-0.1, -0.05) is 18.7 Å². The third kappa shape index (κ3) is 3.55. The van der Waals surface area contributed by atoms with Crippen molar-refractivity contribution in [3.05, 3.63) is 67.5 Å². The molecule has 3 heterocycles. The van der Waals surface area contributed by atoms with E-state index < -0.39 is 0 Å². The Labute approximate surface area is 177 Å². The van der Waals surface area contributed by atoms with Gasteiger partial charge < -0.3 is 15.0 Å². The second kappa shape index (κ2) is 7.83. The summed E-state index contributed by atoms with van der Waals surface area (Å²) in [7, 11) is 0. The minimum atomic E-state index is -0.216. The first-order valence-corrected chi connectivity index (χ1v) is 9.85. The van der Waals surface area contributed by atoms with Crippen molar-refractivity contribution in [1.29, 1.82) is 0 Å². The van der Waals surface area contributed by atoms with Gasteiger partial charge in [0.25, 0.3) is 0 Å². The topological polar surface area (TPSA) is 111 Å². The highest BCUT2D eigenvalue weighted by Gasteiger charge is 2.14. The van der Waals surface area contributed by atoms with Crippen LogP contribution in [-0.4, -0.2) is 44.4 Å². The van der Waals surface area contributed by atoms with Gasteiger partial charge in [0.15, 0.2) is 0 Å². The van der Waals surface area contributed by atoms with Crippen LogP contribution >= 0.6 is 0 Å². The van der Waals surface area contributed by atoms with E-state index in [0.29, 0.717) is 13.2 Å². The summed E-state index contributed by atoms with van der Waals surface area (Å²) in [6, 6.07) is 14.0. The first-order chi connectivity index (χ1) is 15.2. The van der Waals surface area contributed by atoms with Crippen molar-refractivity contribution in [2.45, 2.75) is 0 Å². The Morgan fingerprint density at radius 2 is 2.06 bits per heavy atom. The predicted octanol–water partition coefficient (Wildman–Crippen LogP) is 3.78. The highest BCUT2D eigenvalue weighted by atomic mass is 16.5. The van der Waals surface area contributed by atoms with E-state index in [-0.39, 0.29) is 5.91 Å². The van der Waals surface area contributed by atoms with Crippen LogP contribution in [0.25, 0.3) is 44.3 Å². The average Bonchev–Trinajstić information content (AvgIpc) is 3.54. The molecule has 2 aromatic carbocycles. The number of hydrogen-bond donors (Lipinski definition) is 4. The van der Waals surface area contributed by atoms with Gasteiger partial charge in [-0.25, -0.2) is 0 Å². The van der Waals surface area contributed by atoms with E-state index in [1.54, 1.807) is 6.20 Å². The number of aromatic nitrogens is 5. The third-order valence-corrected chi connectivity index (χ3v) is 5.12. The molecule has 8 heteroatoms. The maximum Gasteiger partial charge on any atom is 0.243 e. The Bertz CT molecular complexity index is 1380. The lowest BCUT2D eigenvalue weighted by atomic mass is 10.1. The van der Waals surface area contributed by atoms with Crippen LogP contribution in [0.3, 0.4) is 0 Å². The van der Waals surface area contributed by atoms with Crippen molar-refractivity contribution in [1.82, 2.24) is 30.7 Å². The Morgan fingerprint density at radius 1 is 1.13 bits per heavy atom. The summed E-state index contributed by atoms with van der Waals surface area (Å²) in [4.78, 5) is 14.7. The molecule has 0 fully saturated rings. The second-order valence-corrected chi connectivity index (χ2v) is 7.06. The lowest BCUT2D eigenvalue weighted by Gasteiger charge is -2.07. The van der Waals surface area contributed by atoms with Gasteiger partial charge in [0, 0.05) is 28.0 Å². The molecular formula is C23H20N6O2. The summed E-state index contributed by atoms with van der Waals surface area (Å²) in [6.07, 6.45) is 4.90. The van der Waals surface area contributed by atoms with Crippen LogP contribution in [0, 0.1) is 0 Å². The number of aromatic amines is 3. The predicted molar refractivity (Wildman–Crippen MR) is 120 cm³/mol. The number of amides is 1. The Morgan fingerprint density at radius 3 is 2.90 bits per heavy atom. The minimum absolute atomic E-state index is 0.216. The largest absolute Gasteiger partial charge is 0.491 e. The smallest absolute Gasteiger partial charge is 0.243 e. The van der Waals surface area contributed by atoms with E-state index in [2.05, 4.69) is 55.5 Å². The third-order valence-electron chi connectivity index (χ3n) is 5.12. The molecule has 0 aliphatic rings. The van der Waals surface area contributed by atoms with Crippen molar-refractivity contribution in [2.24, 2.45) is 0 Å². The fourth-order valence-corrected chi connectivity index (χ4v) is 3.60. The first kappa shape index (κ1) is 18.7. The number of ether oxygens (including phenoxy) is 1. The Kier molecular flexibility index (Phi) is 4.72. The van der Waals surface area contributed by atoms with E-state index in [1.807, 2.05) is 30.5 Å². The van der Waals surface area contributed by atoms with Gasteiger partial charge in [-0.05, 0) is 42.0 Å². The van der Waals surface area contributed by atoms with Crippen LogP contribution in [0.15, 0.2) is 67.5 Å². The maximum absolute atomic E-state index is 11.3. The number of carbonyl (C=O) groups excluding carboxylic acids is 1. The van der Waals surface area contributed by atoms with E-state index >= 15 is 0 Å². The zero-order valence-electron chi connectivity index (χ0n) is 16.6. The average molecular weight is 412 g/mol. The molecule has 5 aromatic rings. The molecule has 0 aliphatic carbocycles. The van der Waals surface area contributed by atoms with E-state index in [4.69, 9.17) is 4.74 Å². The molecule has 0 unspecified atom stereocenters. The first-order valence-electron chi connectivity index (χ1n) is 9.85. The van der Waals surface area contributed by atoms with E-state index in [1.165, 1.54) is 6.08 Å². The molecular weight excluding hydrogens is 392 g/mol. The lowest BCUT2D eigenvalue weighted by Crippen LogP contribution is -2.26. The molecule has 0 spiro atoms. The van der Waals surface area contributed by atoms with Crippen molar-refractivity contribution < 1.29 is 9.53 Å². The zero-order valence-corrected chi connectivity index (χ0v) is 16.6. The molecule has 31 heavy (non-hydrogen) atoms. The molecule has 3 aromatic heterocycles. The molecule has 0 bridgehead atoms. The number of rotatable bonds is 7. The number of carbonyl (C=O) groups is 1. The van der Waals surface area contributed by atoms with Gasteiger partial charge in [0.05, 0.1) is 24.0 Å². The summed E-state index contributed by atoms with van der Waals surface area (Å²) in [5.41, 5.74) is 5.72. The highest BCUT2D eigenvalue weighted by molar-refractivity contribution is 5.98. The van der Waals surface area contributed by atoms with Crippen LogP contribution in [-0.2, 0) is 4.79 Å². The number of fused-ring (bicyclic) bond motifs is 2. The van der Waals surface area contributed by atoms with Crippen molar-refractivity contribution in [3.8, 4) is 28.3 Å². The molecule has 8 nitrogen and oxygen atoms in total. The molecule has 5 rings (SSSR count). The van der Waals surface area contributed by atoms with Crippen molar-refractivity contribution in [3.63, 3.8) is 0 Å². The van der Waals surface area contributed by atoms with Gasteiger partial charge >= 0.3 is 0 Å². The fraction of sp³-hybridized carbons (Fsp3) is 0.0870. The number of hydrogen-bond acceptors (Lipinski definition) is 4. The molecule has 4 N–H and O–H groups in total. The monoisotopic (exact) mass is 412 g/mol. The second-order valence-electron chi connectivity index (χ2n) is 7.06. The lowest BCUT2D eigenvalue weighted by molar-refractivity contribution is -0.116. The highest BCUT2D eigenvalue weighted by Crippen LogP contribution is 2.34. The summed E-state index contributed by atoms with van der Waals surface area (Å²) >= 11 is 0. The Hall–Kier alpha value is -4.33. The zero-order chi connectivity index (χ0) is 21.2. The van der Waals surface area contributed by atoms with Crippen LogP contribution in [0.4, 0.5) is 0 Å². The van der Waals surface area contributed by atoms with Crippen LogP contribution < -0.4 is 10.1 Å². The SMILES string of the molecule is C=CC(=O)NCCOc1cccc2[nH]c(-c3n[nH]c4cc(-c5cn[nH]c5)ccc34)cc12. The van der Waals surface area contributed by atoms with Crippen molar-refractivity contribution >= 4 is 27.7 Å². The van der Waals surface area contributed by atoms with E-state index in [0.717, 1.165) is 50.1 Å². The molecule has 0 saturated heterocycles. The van der Waals surface area contributed by atoms with Gasteiger partial charge in [0.2, 0.25) is 5.91 Å². The summed E-state index contributed by atoms with van der Waals surface area (Å²) in [5.74, 6) is 0.530. The summed E-state index contributed by atoms with van der Waals surface area (Å²) in [6.45, 7) is 4.20. The van der Waals surface area contributed by atoms with Gasteiger partial charge in [-0.2, -0.15) is 10.2 Å². The normalized spacial score (nSPS) is 11.1. The van der Waals surface area contributed by atoms with Gasteiger partial charge in [-0.3, -0.25) is 15.0 Å². The van der Waals surface area contributed by atoms with Crippen LogP contribution in [0.2, 0.25) is 0 Å². The van der Waals surface area contributed by atoms with Gasteiger partial charge in [-0.15, -0.1) is 0 Å². The number of H-pyrrole nitrogens is 3. The molecule has 154 valence electrons. The minimum Gasteiger partial charge on any atom is -0.491 e. The number of benzene rings is 2. The molecule has 1 amide bonds. The van der Waals surface area contributed by atoms with Crippen LogP contribution in [0.1, 0.15) is 0 Å². The molecule has 0 radical (unpaired) electrons. The number of nitrogens with one attached hydrogen (secondary N) is 4. The fourth-order valence-electron chi connectivity index (χ4n) is 3.60.